The molecule has 1 unspecified atom stereocenters. The zero-order chi connectivity index (χ0) is 18.6. The van der Waals surface area contributed by atoms with Gasteiger partial charge in [-0.05, 0) is 55.2 Å². The summed E-state index contributed by atoms with van der Waals surface area (Å²) in [6.45, 7) is 2.33. The molecule has 0 aromatic heterocycles. The molecule has 0 spiro atoms. The van der Waals surface area contributed by atoms with Crippen LogP contribution in [-0.4, -0.2) is 11.4 Å². The number of benzene rings is 2. The average Bonchev–Trinajstić information content (AvgIpc) is 3.10. The molecule has 3 rings (SSSR count). The molecule has 27 heavy (non-hydrogen) atoms. The second kappa shape index (κ2) is 9.20. The lowest BCUT2D eigenvalue weighted by Gasteiger charge is -2.25. The van der Waals surface area contributed by atoms with Crippen LogP contribution in [0.4, 0.5) is 4.39 Å². The van der Waals surface area contributed by atoms with E-state index in [0.717, 1.165) is 42.6 Å². The van der Waals surface area contributed by atoms with Gasteiger partial charge in [0.1, 0.15) is 18.2 Å². The van der Waals surface area contributed by atoms with E-state index in [2.05, 4.69) is 5.32 Å². The number of halogens is 2. The first kappa shape index (κ1) is 21.2. The van der Waals surface area contributed by atoms with Gasteiger partial charge in [0.2, 0.25) is 5.91 Å². The second-order valence-electron chi connectivity index (χ2n) is 7.04. The SMILES string of the molecule is CC(NC(=O)C1(N)CCCC1)c1ccc(OCc2ccc(F)cc2)cc1.Cl. The zero-order valence-corrected chi connectivity index (χ0v) is 16.2. The van der Waals surface area contributed by atoms with Crippen molar-refractivity contribution in [3.8, 4) is 5.75 Å². The number of hydrogen-bond donors (Lipinski definition) is 2. The summed E-state index contributed by atoms with van der Waals surface area (Å²) in [5.74, 6) is 0.396. The van der Waals surface area contributed by atoms with E-state index in [4.69, 9.17) is 10.5 Å². The van der Waals surface area contributed by atoms with Gasteiger partial charge in [0.05, 0.1) is 11.6 Å². The van der Waals surface area contributed by atoms with Crippen LogP contribution in [0.3, 0.4) is 0 Å². The maximum atomic E-state index is 12.9. The van der Waals surface area contributed by atoms with Crippen LogP contribution in [0.25, 0.3) is 0 Å². The summed E-state index contributed by atoms with van der Waals surface area (Å²) in [5, 5.41) is 3.02. The van der Waals surface area contributed by atoms with Gasteiger partial charge in [-0.25, -0.2) is 4.39 Å². The molecule has 1 aliphatic carbocycles. The van der Waals surface area contributed by atoms with E-state index in [9.17, 15) is 9.18 Å². The number of carbonyl (C=O) groups excluding carboxylic acids is 1. The Morgan fingerprint density at radius 1 is 1.15 bits per heavy atom. The predicted octanol–water partition coefficient (Wildman–Crippen LogP) is 4.28. The third-order valence-corrected chi connectivity index (χ3v) is 4.99. The van der Waals surface area contributed by atoms with Gasteiger partial charge in [-0.3, -0.25) is 4.79 Å². The average molecular weight is 393 g/mol. The van der Waals surface area contributed by atoms with Gasteiger partial charge in [0, 0.05) is 0 Å². The summed E-state index contributed by atoms with van der Waals surface area (Å²) in [4.78, 5) is 12.4. The lowest BCUT2D eigenvalue weighted by Crippen LogP contribution is -2.52. The van der Waals surface area contributed by atoms with Gasteiger partial charge in [0.25, 0.3) is 0 Å². The lowest BCUT2D eigenvalue weighted by molar-refractivity contribution is -0.126. The van der Waals surface area contributed by atoms with Crippen molar-refractivity contribution in [2.75, 3.05) is 0 Å². The molecule has 4 nitrogen and oxygen atoms in total. The number of nitrogens with two attached hydrogens (primary N) is 1. The van der Waals surface area contributed by atoms with Gasteiger partial charge in [0.15, 0.2) is 0 Å². The Morgan fingerprint density at radius 2 is 1.74 bits per heavy atom. The van der Waals surface area contributed by atoms with Crippen LogP contribution in [0.5, 0.6) is 5.75 Å². The molecule has 6 heteroatoms. The Kier molecular flexibility index (Phi) is 7.22. The summed E-state index contributed by atoms with van der Waals surface area (Å²) in [6, 6.07) is 13.7. The minimum atomic E-state index is -0.716. The van der Waals surface area contributed by atoms with Gasteiger partial charge in [-0.1, -0.05) is 37.1 Å². The van der Waals surface area contributed by atoms with Gasteiger partial charge >= 0.3 is 0 Å². The van der Waals surface area contributed by atoms with Crippen molar-refractivity contribution in [3.05, 3.63) is 65.5 Å². The predicted molar refractivity (Wildman–Crippen MR) is 106 cm³/mol. The summed E-state index contributed by atoms with van der Waals surface area (Å²) in [6.07, 6.45) is 3.53. The Hall–Kier alpha value is -2.11. The number of rotatable bonds is 6. The van der Waals surface area contributed by atoms with Gasteiger partial charge in [-0.15, -0.1) is 12.4 Å². The van der Waals surface area contributed by atoms with Gasteiger partial charge in [-0.2, -0.15) is 0 Å². The largest absolute Gasteiger partial charge is 0.489 e. The molecule has 0 saturated heterocycles. The van der Waals surface area contributed by atoms with Gasteiger partial charge < -0.3 is 15.8 Å². The van der Waals surface area contributed by atoms with Crippen LogP contribution in [0.2, 0.25) is 0 Å². The number of hydrogen-bond acceptors (Lipinski definition) is 3. The third kappa shape index (κ3) is 5.44. The first-order chi connectivity index (χ1) is 12.5. The molecule has 0 heterocycles. The highest BCUT2D eigenvalue weighted by Gasteiger charge is 2.37. The van der Waals surface area contributed by atoms with E-state index in [1.165, 1.54) is 12.1 Å². The molecular weight excluding hydrogens is 367 g/mol. The standard InChI is InChI=1S/C21H25FN2O2.ClH/c1-15(24-20(25)21(23)12-2-3-13-21)17-6-10-19(11-7-17)26-14-16-4-8-18(22)9-5-16;/h4-11,15H,2-3,12-14,23H2,1H3,(H,24,25);1H. The Balaban J connectivity index is 0.00000261. The van der Waals surface area contributed by atoms with Crippen molar-refractivity contribution in [3.63, 3.8) is 0 Å². The fourth-order valence-corrected chi connectivity index (χ4v) is 3.26. The van der Waals surface area contributed by atoms with Crippen molar-refractivity contribution in [1.82, 2.24) is 5.32 Å². The summed E-state index contributed by atoms with van der Waals surface area (Å²) in [5.41, 5.74) is 7.38. The Labute approximate surface area is 165 Å². The molecule has 3 N–H and O–H groups in total. The van der Waals surface area contributed by atoms with Crippen LogP contribution < -0.4 is 15.8 Å². The van der Waals surface area contributed by atoms with Crippen molar-refractivity contribution >= 4 is 18.3 Å². The summed E-state index contributed by atoms with van der Waals surface area (Å²) in [7, 11) is 0. The lowest BCUT2D eigenvalue weighted by atomic mass is 9.97. The minimum Gasteiger partial charge on any atom is -0.489 e. The van der Waals surface area contributed by atoms with E-state index in [-0.39, 0.29) is 30.2 Å². The first-order valence-corrected chi connectivity index (χ1v) is 9.03. The second-order valence-corrected chi connectivity index (χ2v) is 7.04. The number of carbonyl (C=O) groups is 1. The molecule has 146 valence electrons. The van der Waals surface area contributed by atoms with Crippen LogP contribution >= 0.6 is 12.4 Å². The molecule has 1 fully saturated rings. The van der Waals surface area contributed by atoms with Crippen molar-refractivity contribution in [1.29, 1.82) is 0 Å². The van der Waals surface area contributed by atoms with E-state index < -0.39 is 5.54 Å². The highest BCUT2D eigenvalue weighted by Crippen LogP contribution is 2.28. The third-order valence-electron chi connectivity index (χ3n) is 4.99. The molecule has 2 aromatic carbocycles. The number of ether oxygens (including phenoxy) is 1. The molecule has 0 radical (unpaired) electrons. The smallest absolute Gasteiger partial charge is 0.240 e. The Bertz CT molecular complexity index is 744. The molecule has 1 saturated carbocycles. The molecule has 1 aliphatic rings. The van der Waals surface area contributed by atoms with E-state index >= 15 is 0 Å². The summed E-state index contributed by atoms with van der Waals surface area (Å²) < 4.78 is 18.6. The fourth-order valence-electron chi connectivity index (χ4n) is 3.26. The first-order valence-electron chi connectivity index (χ1n) is 9.03. The molecule has 0 bridgehead atoms. The molecular formula is C21H26ClFN2O2. The fraction of sp³-hybridized carbons (Fsp3) is 0.381. The molecule has 2 aromatic rings. The topological polar surface area (TPSA) is 64.4 Å². The van der Waals surface area contributed by atoms with Crippen LogP contribution in [0.15, 0.2) is 48.5 Å². The van der Waals surface area contributed by atoms with Crippen molar-refractivity contribution in [2.45, 2.75) is 50.8 Å². The van der Waals surface area contributed by atoms with E-state index in [1.807, 2.05) is 31.2 Å². The maximum Gasteiger partial charge on any atom is 0.240 e. The Morgan fingerprint density at radius 3 is 2.33 bits per heavy atom. The molecule has 1 amide bonds. The van der Waals surface area contributed by atoms with Crippen molar-refractivity contribution in [2.24, 2.45) is 5.73 Å². The molecule has 1 atom stereocenters. The number of amides is 1. The minimum absolute atomic E-state index is 0. The monoisotopic (exact) mass is 392 g/mol. The van der Waals surface area contributed by atoms with Crippen LogP contribution in [-0.2, 0) is 11.4 Å². The normalized spacial score (nSPS) is 16.3. The van der Waals surface area contributed by atoms with E-state index in [1.54, 1.807) is 12.1 Å². The quantitative estimate of drug-likeness (QED) is 0.771. The van der Waals surface area contributed by atoms with E-state index in [0.29, 0.717) is 6.61 Å². The van der Waals surface area contributed by atoms with Crippen LogP contribution in [0, 0.1) is 5.82 Å². The molecule has 0 aliphatic heterocycles. The summed E-state index contributed by atoms with van der Waals surface area (Å²) >= 11 is 0. The highest BCUT2D eigenvalue weighted by atomic mass is 35.5. The maximum absolute atomic E-state index is 12.9. The van der Waals surface area contributed by atoms with Crippen LogP contribution in [0.1, 0.15) is 49.8 Å². The van der Waals surface area contributed by atoms with Crippen molar-refractivity contribution < 1.29 is 13.9 Å². The number of nitrogens with one attached hydrogen (secondary N) is 1. The zero-order valence-electron chi connectivity index (χ0n) is 15.4. The highest BCUT2D eigenvalue weighted by molar-refractivity contribution is 5.86.